The van der Waals surface area contributed by atoms with E-state index in [4.69, 9.17) is 21.3 Å². The largest absolute Gasteiger partial charge is 0.481 e. The maximum atomic E-state index is 12.1. The van der Waals surface area contributed by atoms with Gasteiger partial charge in [-0.3, -0.25) is 4.79 Å². The van der Waals surface area contributed by atoms with Crippen molar-refractivity contribution in [2.45, 2.75) is 12.8 Å². The van der Waals surface area contributed by atoms with Crippen molar-refractivity contribution in [2.24, 2.45) is 16.5 Å². The Morgan fingerprint density at radius 3 is 2.12 bits per heavy atom. The number of benzene rings is 2. The van der Waals surface area contributed by atoms with E-state index in [9.17, 15) is 9.59 Å². The first-order chi connectivity index (χ1) is 11.4. The van der Waals surface area contributed by atoms with Gasteiger partial charge in [0.15, 0.2) is 5.96 Å². The molecule has 124 valence electrons. The average Bonchev–Trinajstić information content (AvgIpc) is 2.55. The summed E-state index contributed by atoms with van der Waals surface area (Å²) < 4.78 is 5.25. The van der Waals surface area contributed by atoms with E-state index in [0.717, 1.165) is 0 Å². The van der Waals surface area contributed by atoms with E-state index in [1.54, 1.807) is 55.5 Å². The lowest BCUT2D eigenvalue weighted by atomic mass is 10.0. The molecule has 0 heterocycles. The summed E-state index contributed by atoms with van der Waals surface area (Å²) in [6.07, 6.45) is 0. The molecular weight excluding hydrogens is 310 g/mol. The van der Waals surface area contributed by atoms with Gasteiger partial charge in [-0.1, -0.05) is 12.1 Å². The fourth-order valence-electron chi connectivity index (χ4n) is 1.95. The molecule has 0 aliphatic rings. The van der Waals surface area contributed by atoms with E-state index in [1.165, 1.54) is 0 Å². The minimum atomic E-state index is -0.916. The zero-order valence-corrected chi connectivity index (χ0v) is 13.0. The van der Waals surface area contributed by atoms with Gasteiger partial charge in [0.1, 0.15) is 5.75 Å². The van der Waals surface area contributed by atoms with Crippen LogP contribution in [0.5, 0.6) is 5.75 Å². The number of esters is 1. The molecule has 0 fully saturated rings. The van der Waals surface area contributed by atoms with Crippen LogP contribution < -0.4 is 16.2 Å². The van der Waals surface area contributed by atoms with E-state index in [2.05, 4.69) is 4.99 Å². The summed E-state index contributed by atoms with van der Waals surface area (Å²) in [7, 11) is 0. The van der Waals surface area contributed by atoms with Crippen LogP contribution in [0.25, 0.3) is 0 Å². The predicted octanol–water partition coefficient (Wildman–Crippen LogP) is 2.00. The van der Waals surface area contributed by atoms with Crippen LogP contribution in [-0.4, -0.2) is 23.0 Å². The summed E-state index contributed by atoms with van der Waals surface area (Å²) >= 11 is 0. The molecule has 2 aromatic rings. The fourth-order valence-corrected chi connectivity index (χ4v) is 1.95. The summed E-state index contributed by atoms with van der Waals surface area (Å²) in [5.41, 5.74) is 12.0. The van der Waals surface area contributed by atoms with Crippen LogP contribution in [0.4, 0.5) is 5.69 Å². The molecule has 7 nitrogen and oxygen atoms in total. The number of aliphatic imine (C=N–C) groups is 1. The first kappa shape index (κ1) is 17.0. The second kappa shape index (κ2) is 7.28. The van der Waals surface area contributed by atoms with Gasteiger partial charge in [0.05, 0.1) is 17.2 Å². The van der Waals surface area contributed by atoms with Gasteiger partial charge in [-0.15, -0.1) is 0 Å². The molecule has 2 rings (SSSR count). The van der Waals surface area contributed by atoms with E-state index in [-0.39, 0.29) is 5.96 Å². The van der Waals surface area contributed by atoms with Gasteiger partial charge in [-0.05, 0) is 48.9 Å². The normalized spacial score (nSPS) is 11.4. The molecule has 0 saturated heterocycles. The van der Waals surface area contributed by atoms with Crippen LogP contribution in [0.3, 0.4) is 0 Å². The maximum Gasteiger partial charge on any atom is 0.343 e. The first-order valence-corrected chi connectivity index (χ1v) is 7.11. The Morgan fingerprint density at radius 1 is 1.04 bits per heavy atom. The van der Waals surface area contributed by atoms with E-state index in [0.29, 0.717) is 22.6 Å². The Bertz CT molecular complexity index is 763. The zero-order chi connectivity index (χ0) is 17.7. The van der Waals surface area contributed by atoms with E-state index < -0.39 is 17.9 Å². The van der Waals surface area contributed by atoms with Crippen LogP contribution in [0.15, 0.2) is 53.5 Å². The Hall–Kier alpha value is -3.35. The molecule has 0 amide bonds. The number of hydrogen-bond acceptors (Lipinski definition) is 4. The molecule has 0 aromatic heterocycles. The smallest absolute Gasteiger partial charge is 0.343 e. The van der Waals surface area contributed by atoms with E-state index >= 15 is 0 Å². The van der Waals surface area contributed by atoms with Crippen molar-refractivity contribution in [1.29, 1.82) is 0 Å². The zero-order valence-electron chi connectivity index (χ0n) is 13.0. The third-order valence-corrected chi connectivity index (χ3v) is 3.32. The SMILES string of the molecule is C[C@@H](C(=O)O)c1ccc(OC(=O)c2ccc(N=C(N)N)cc2)cc1. The lowest BCUT2D eigenvalue weighted by Crippen LogP contribution is -2.21. The lowest BCUT2D eigenvalue weighted by Gasteiger charge is -2.08. The molecule has 0 aliphatic carbocycles. The van der Waals surface area contributed by atoms with Gasteiger partial charge in [0.2, 0.25) is 0 Å². The number of carboxylic acid groups (broad SMARTS) is 1. The minimum absolute atomic E-state index is 0.0685. The lowest BCUT2D eigenvalue weighted by molar-refractivity contribution is -0.138. The van der Waals surface area contributed by atoms with Crippen molar-refractivity contribution in [3.8, 4) is 5.75 Å². The number of rotatable bonds is 5. The number of guanidine groups is 1. The van der Waals surface area contributed by atoms with Crippen LogP contribution in [0, 0.1) is 0 Å². The first-order valence-electron chi connectivity index (χ1n) is 7.11. The summed E-state index contributed by atoms with van der Waals surface area (Å²) in [6, 6.07) is 12.6. The monoisotopic (exact) mass is 327 g/mol. The number of nitrogens with zero attached hydrogens (tertiary/aromatic N) is 1. The highest BCUT2D eigenvalue weighted by Gasteiger charge is 2.14. The molecule has 0 radical (unpaired) electrons. The maximum absolute atomic E-state index is 12.1. The molecule has 1 atom stereocenters. The van der Waals surface area contributed by atoms with Gasteiger partial charge < -0.3 is 21.3 Å². The van der Waals surface area contributed by atoms with Gasteiger partial charge in [-0.25, -0.2) is 9.79 Å². The third kappa shape index (κ3) is 4.33. The summed E-state index contributed by atoms with van der Waals surface area (Å²) in [5.74, 6) is -1.82. The summed E-state index contributed by atoms with van der Waals surface area (Å²) in [4.78, 5) is 26.9. The van der Waals surface area contributed by atoms with Gasteiger partial charge >= 0.3 is 11.9 Å². The van der Waals surface area contributed by atoms with Crippen molar-refractivity contribution >= 4 is 23.6 Å². The average molecular weight is 327 g/mol. The topological polar surface area (TPSA) is 128 Å². The van der Waals surface area contributed by atoms with Crippen molar-refractivity contribution in [1.82, 2.24) is 0 Å². The Balaban J connectivity index is 2.06. The second-order valence-corrected chi connectivity index (χ2v) is 5.10. The number of nitrogens with two attached hydrogens (primary N) is 2. The Labute approximate surface area is 138 Å². The number of ether oxygens (including phenoxy) is 1. The van der Waals surface area contributed by atoms with Crippen molar-refractivity contribution in [3.05, 3.63) is 59.7 Å². The minimum Gasteiger partial charge on any atom is -0.481 e. The van der Waals surface area contributed by atoms with Crippen molar-refractivity contribution in [3.63, 3.8) is 0 Å². The predicted molar refractivity (Wildman–Crippen MR) is 89.4 cm³/mol. The summed E-state index contributed by atoms with van der Waals surface area (Å²) in [5, 5.41) is 8.97. The molecule has 2 aromatic carbocycles. The summed E-state index contributed by atoms with van der Waals surface area (Å²) in [6.45, 7) is 1.58. The van der Waals surface area contributed by atoms with Gasteiger partial charge in [-0.2, -0.15) is 0 Å². The molecule has 0 bridgehead atoms. The standard InChI is InChI=1S/C17H17N3O4/c1-10(15(21)22)11-4-8-14(9-5-11)24-16(23)12-2-6-13(7-3-12)20-17(18)19/h2-10H,1H3,(H,21,22)(H4,18,19,20)/t10-/m1/s1. The van der Waals surface area contributed by atoms with E-state index in [1.807, 2.05) is 0 Å². The molecule has 0 aliphatic heterocycles. The molecule has 0 unspecified atom stereocenters. The Kier molecular flexibility index (Phi) is 5.16. The highest BCUT2D eigenvalue weighted by atomic mass is 16.5. The number of carboxylic acids is 1. The number of carbonyl (C=O) groups excluding carboxylic acids is 1. The van der Waals surface area contributed by atoms with Gasteiger partial charge in [0.25, 0.3) is 0 Å². The number of carbonyl (C=O) groups is 2. The fraction of sp³-hybridized carbons (Fsp3) is 0.118. The molecule has 5 N–H and O–H groups in total. The molecule has 0 spiro atoms. The van der Waals surface area contributed by atoms with Crippen LogP contribution in [0.2, 0.25) is 0 Å². The van der Waals surface area contributed by atoms with Crippen LogP contribution >= 0.6 is 0 Å². The second-order valence-electron chi connectivity index (χ2n) is 5.10. The van der Waals surface area contributed by atoms with Crippen molar-refractivity contribution < 1.29 is 19.4 Å². The highest BCUT2D eigenvalue weighted by molar-refractivity contribution is 5.91. The molecule has 0 saturated carbocycles. The molecule has 7 heteroatoms. The highest BCUT2D eigenvalue weighted by Crippen LogP contribution is 2.21. The van der Waals surface area contributed by atoms with Gasteiger partial charge in [0, 0.05) is 0 Å². The van der Waals surface area contributed by atoms with Crippen LogP contribution in [0.1, 0.15) is 28.8 Å². The van der Waals surface area contributed by atoms with Crippen LogP contribution in [-0.2, 0) is 4.79 Å². The quantitative estimate of drug-likeness (QED) is 0.333. The molecular formula is C17H17N3O4. The number of hydrogen-bond donors (Lipinski definition) is 3. The van der Waals surface area contributed by atoms with Crippen molar-refractivity contribution in [2.75, 3.05) is 0 Å². The Morgan fingerprint density at radius 2 is 1.62 bits per heavy atom. The number of aliphatic carboxylic acids is 1. The third-order valence-electron chi connectivity index (χ3n) is 3.32. The molecule has 24 heavy (non-hydrogen) atoms.